The van der Waals surface area contributed by atoms with Gasteiger partial charge >= 0.3 is 0 Å². The van der Waals surface area contributed by atoms with E-state index >= 15 is 0 Å². The molecule has 8 heteroatoms. The van der Waals surface area contributed by atoms with E-state index in [-0.39, 0.29) is 5.41 Å². The summed E-state index contributed by atoms with van der Waals surface area (Å²) in [6.07, 6.45) is 3.37. The molecule has 1 N–H and O–H groups in total. The van der Waals surface area contributed by atoms with E-state index in [0.717, 1.165) is 37.3 Å². The quantitative estimate of drug-likeness (QED) is 0.702. The molecular formula is C18H16Cl2N6. The Labute approximate surface area is 160 Å². The van der Waals surface area contributed by atoms with Gasteiger partial charge in [0.2, 0.25) is 0 Å². The number of rotatable bonds is 2. The third-order valence-corrected chi connectivity index (χ3v) is 5.74. The highest BCUT2D eigenvalue weighted by Gasteiger charge is 2.30. The minimum absolute atomic E-state index is 0.251. The van der Waals surface area contributed by atoms with E-state index in [1.54, 1.807) is 12.3 Å². The van der Waals surface area contributed by atoms with Gasteiger partial charge < -0.3 is 4.90 Å². The van der Waals surface area contributed by atoms with Gasteiger partial charge in [0, 0.05) is 18.7 Å². The first-order valence-corrected chi connectivity index (χ1v) is 9.08. The molecule has 0 spiro atoms. The maximum absolute atomic E-state index is 9.27. The zero-order valence-electron chi connectivity index (χ0n) is 14.1. The van der Waals surface area contributed by atoms with Gasteiger partial charge in [0.1, 0.15) is 17.0 Å². The van der Waals surface area contributed by atoms with Crippen molar-refractivity contribution in [3.8, 4) is 17.3 Å². The predicted molar refractivity (Wildman–Crippen MR) is 102 cm³/mol. The monoisotopic (exact) mass is 386 g/mol. The number of nitrogens with zero attached hydrogens (tertiary/aromatic N) is 5. The Balaban J connectivity index is 1.66. The van der Waals surface area contributed by atoms with Gasteiger partial charge in [-0.2, -0.15) is 10.4 Å². The average Bonchev–Trinajstić information content (AvgIpc) is 3.07. The summed E-state index contributed by atoms with van der Waals surface area (Å²) in [7, 11) is 0. The molecule has 1 aromatic carbocycles. The molecular weight excluding hydrogens is 371 g/mol. The number of piperidine rings is 1. The second-order valence-corrected chi connectivity index (χ2v) is 7.54. The van der Waals surface area contributed by atoms with Gasteiger partial charge in [0.05, 0.1) is 27.7 Å². The second-order valence-electron chi connectivity index (χ2n) is 6.76. The first-order valence-electron chi connectivity index (χ1n) is 8.32. The van der Waals surface area contributed by atoms with E-state index in [0.29, 0.717) is 26.9 Å². The van der Waals surface area contributed by atoms with E-state index in [4.69, 9.17) is 23.2 Å². The maximum atomic E-state index is 9.27. The number of benzene rings is 1. The van der Waals surface area contributed by atoms with Crippen molar-refractivity contribution in [2.45, 2.75) is 19.8 Å². The smallest absolute Gasteiger partial charge is 0.177 e. The van der Waals surface area contributed by atoms with Crippen molar-refractivity contribution in [1.29, 1.82) is 5.26 Å². The number of H-pyrrole nitrogens is 1. The Morgan fingerprint density at radius 1 is 1.27 bits per heavy atom. The fraction of sp³-hybridized carbons (Fsp3) is 0.333. The topological polar surface area (TPSA) is 81.5 Å². The molecule has 3 aromatic rings. The summed E-state index contributed by atoms with van der Waals surface area (Å²) in [6.45, 7) is 3.58. The molecule has 1 fully saturated rings. The fourth-order valence-corrected chi connectivity index (χ4v) is 3.55. The van der Waals surface area contributed by atoms with Crippen LogP contribution in [0.15, 0.2) is 24.4 Å². The van der Waals surface area contributed by atoms with Crippen molar-refractivity contribution >= 4 is 40.2 Å². The van der Waals surface area contributed by atoms with Crippen molar-refractivity contribution in [2.75, 3.05) is 18.0 Å². The van der Waals surface area contributed by atoms with Gasteiger partial charge in [0.15, 0.2) is 5.65 Å². The third kappa shape index (κ3) is 2.87. The molecule has 6 nitrogen and oxygen atoms in total. The lowest BCUT2D eigenvalue weighted by Crippen LogP contribution is -2.38. The van der Waals surface area contributed by atoms with Crippen LogP contribution < -0.4 is 4.90 Å². The van der Waals surface area contributed by atoms with Crippen LogP contribution in [0.3, 0.4) is 0 Å². The molecule has 0 saturated carbocycles. The number of aromatic amines is 1. The number of nitriles is 1. The van der Waals surface area contributed by atoms with Crippen LogP contribution in [0.25, 0.3) is 22.4 Å². The van der Waals surface area contributed by atoms with Crippen molar-refractivity contribution < 1.29 is 0 Å². The Kier molecular flexibility index (Phi) is 4.22. The molecule has 0 radical (unpaired) electrons. The number of nitrogens with one attached hydrogen (secondary N) is 1. The van der Waals surface area contributed by atoms with Gasteiger partial charge in [-0.05, 0) is 25.8 Å². The molecule has 1 aliphatic heterocycles. The van der Waals surface area contributed by atoms with Crippen molar-refractivity contribution in [2.24, 2.45) is 5.41 Å². The number of anilines is 1. The highest BCUT2D eigenvalue weighted by atomic mass is 35.5. The molecule has 4 rings (SSSR count). The normalized spacial score (nSPS) is 16.6. The van der Waals surface area contributed by atoms with Gasteiger partial charge in [-0.1, -0.05) is 35.3 Å². The van der Waals surface area contributed by atoms with Crippen LogP contribution in [-0.4, -0.2) is 33.3 Å². The number of hydrogen-bond acceptors (Lipinski definition) is 5. The highest BCUT2D eigenvalue weighted by Crippen LogP contribution is 2.36. The first-order chi connectivity index (χ1) is 12.5. The van der Waals surface area contributed by atoms with E-state index in [9.17, 15) is 5.26 Å². The zero-order valence-corrected chi connectivity index (χ0v) is 15.6. The van der Waals surface area contributed by atoms with Crippen LogP contribution in [-0.2, 0) is 0 Å². The molecule has 0 aliphatic carbocycles. The van der Waals surface area contributed by atoms with E-state index in [1.165, 1.54) is 0 Å². The van der Waals surface area contributed by atoms with E-state index < -0.39 is 0 Å². The van der Waals surface area contributed by atoms with Crippen LogP contribution in [0.5, 0.6) is 0 Å². The molecule has 0 atom stereocenters. The Hall–Kier alpha value is -2.36. The zero-order chi connectivity index (χ0) is 18.3. The van der Waals surface area contributed by atoms with Crippen molar-refractivity contribution in [1.82, 2.24) is 20.2 Å². The lowest BCUT2D eigenvalue weighted by atomic mass is 9.82. The van der Waals surface area contributed by atoms with E-state index in [2.05, 4.69) is 31.1 Å². The summed E-state index contributed by atoms with van der Waals surface area (Å²) in [6, 6.07) is 7.82. The molecule has 0 unspecified atom stereocenters. The van der Waals surface area contributed by atoms with Crippen molar-refractivity contribution in [3.63, 3.8) is 0 Å². The molecule has 1 aliphatic rings. The molecule has 0 amide bonds. The van der Waals surface area contributed by atoms with E-state index in [1.807, 2.05) is 19.1 Å². The molecule has 0 bridgehead atoms. The van der Waals surface area contributed by atoms with Crippen LogP contribution in [0.1, 0.15) is 19.8 Å². The Morgan fingerprint density at radius 2 is 2.04 bits per heavy atom. The van der Waals surface area contributed by atoms with Gasteiger partial charge in [0.25, 0.3) is 0 Å². The summed E-state index contributed by atoms with van der Waals surface area (Å²) >= 11 is 12.4. The van der Waals surface area contributed by atoms with Crippen molar-refractivity contribution in [3.05, 3.63) is 34.4 Å². The first kappa shape index (κ1) is 17.1. The SMILES string of the molecule is CC1(C#N)CCN(c2cnc3c(-c4cccc(Cl)c4Cl)n[nH]c3n2)CC1. The summed E-state index contributed by atoms with van der Waals surface area (Å²) in [5.74, 6) is 0.782. The summed E-state index contributed by atoms with van der Waals surface area (Å²) in [5.41, 5.74) is 2.34. The van der Waals surface area contributed by atoms with Crippen LogP contribution in [0.2, 0.25) is 10.0 Å². The standard InChI is InChI=1S/C18H16Cl2N6/c1-18(10-21)5-7-26(8-6-18)13-9-22-16-15(24-25-17(16)23-13)11-3-2-4-12(19)14(11)20/h2-4,9H,5-8H2,1H3,(H,23,24,25). The summed E-state index contributed by atoms with van der Waals surface area (Å²) in [4.78, 5) is 11.4. The lowest BCUT2D eigenvalue weighted by Gasteiger charge is -2.35. The Morgan fingerprint density at radius 3 is 2.77 bits per heavy atom. The number of hydrogen-bond donors (Lipinski definition) is 1. The Bertz CT molecular complexity index is 1010. The highest BCUT2D eigenvalue weighted by molar-refractivity contribution is 6.43. The molecule has 3 heterocycles. The number of halogens is 2. The van der Waals surface area contributed by atoms with Gasteiger partial charge in [-0.15, -0.1) is 0 Å². The molecule has 1 saturated heterocycles. The minimum atomic E-state index is -0.251. The summed E-state index contributed by atoms with van der Waals surface area (Å²) in [5, 5.41) is 17.5. The second kappa shape index (κ2) is 6.42. The van der Waals surface area contributed by atoms with Gasteiger partial charge in [-0.25, -0.2) is 9.97 Å². The molecule has 2 aromatic heterocycles. The summed E-state index contributed by atoms with van der Waals surface area (Å²) < 4.78 is 0. The number of fused-ring (bicyclic) bond motifs is 1. The maximum Gasteiger partial charge on any atom is 0.177 e. The van der Waals surface area contributed by atoms with Crippen LogP contribution in [0, 0.1) is 16.7 Å². The predicted octanol–water partition coefficient (Wildman–Crippen LogP) is 4.46. The fourth-order valence-electron chi connectivity index (χ4n) is 3.16. The molecule has 26 heavy (non-hydrogen) atoms. The van der Waals surface area contributed by atoms with Crippen LogP contribution in [0.4, 0.5) is 5.82 Å². The molecule has 132 valence electrons. The lowest BCUT2D eigenvalue weighted by molar-refractivity contribution is 0.336. The van der Waals surface area contributed by atoms with Gasteiger partial charge in [-0.3, -0.25) is 5.10 Å². The largest absolute Gasteiger partial charge is 0.355 e. The average molecular weight is 387 g/mol. The number of aromatic nitrogens is 4. The minimum Gasteiger partial charge on any atom is -0.355 e. The van der Waals surface area contributed by atoms with Crippen LogP contribution >= 0.6 is 23.2 Å². The third-order valence-electron chi connectivity index (χ3n) is 4.93.